The molecule has 23 heavy (non-hydrogen) atoms. The number of rotatable bonds is 6. The third kappa shape index (κ3) is 5.34. The Kier molecular flexibility index (Phi) is 6.50. The summed E-state index contributed by atoms with van der Waals surface area (Å²) in [6.07, 6.45) is 3.46. The maximum atomic E-state index is 5.81. The molecule has 0 aromatic heterocycles. The van der Waals surface area contributed by atoms with Crippen LogP contribution in [0.4, 0.5) is 0 Å². The number of ether oxygens (including phenoxy) is 2. The van der Waals surface area contributed by atoms with Crippen LogP contribution in [0.1, 0.15) is 11.1 Å². The number of hydrogen-bond acceptors (Lipinski definition) is 5. The largest absolute Gasteiger partial charge is 0.493 e. The van der Waals surface area contributed by atoms with E-state index < -0.39 is 0 Å². The summed E-state index contributed by atoms with van der Waals surface area (Å²) in [5.41, 5.74) is 7.52. The lowest BCUT2D eigenvalue weighted by Gasteiger charge is -2.11. The van der Waals surface area contributed by atoms with Gasteiger partial charge in [0.2, 0.25) is 0 Å². The molecule has 0 saturated carbocycles. The van der Waals surface area contributed by atoms with Crippen LogP contribution in [-0.4, -0.2) is 24.7 Å². The van der Waals surface area contributed by atoms with Crippen molar-refractivity contribution in [3.05, 3.63) is 59.7 Å². The monoisotopic (exact) mass is 329 g/mol. The van der Waals surface area contributed by atoms with E-state index in [0.29, 0.717) is 23.3 Å². The van der Waals surface area contributed by atoms with Crippen LogP contribution in [0.15, 0.2) is 58.7 Å². The highest BCUT2D eigenvalue weighted by Crippen LogP contribution is 2.28. The molecule has 0 radical (unpaired) electrons. The molecule has 2 aromatic rings. The van der Waals surface area contributed by atoms with Crippen molar-refractivity contribution in [3.63, 3.8) is 0 Å². The Hall–Kier alpha value is -2.47. The van der Waals surface area contributed by atoms with Crippen molar-refractivity contribution >= 4 is 23.1 Å². The molecule has 2 aromatic carbocycles. The predicted octanol–water partition coefficient (Wildman–Crippen LogP) is 3.29. The van der Waals surface area contributed by atoms with E-state index >= 15 is 0 Å². The van der Waals surface area contributed by atoms with Crippen LogP contribution in [0.25, 0.3) is 0 Å². The highest BCUT2D eigenvalue weighted by molar-refractivity contribution is 8.13. The zero-order valence-corrected chi connectivity index (χ0v) is 13.9. The molecule has 0 atom stereocenters. The molecule has 6 heteroatoms. The fourth-order valence-corrected chi connectivity index (χ4v) is 1.94. The summed E-state index contributed by atoms with van der Waals surface area (Å²) in [5.74, 6) is 1.33. The van der Waals surface area contributed by atoms with Gasteiger partial charge in [-0.1, -0.05) is 42.1 Å². The minimum atomic E-state index is 0.413. The van der Waals surface area contributed by atoms with Gasteiger partial charge in [-0.3, -0.25) is 0 Å². The van der Waals surface area contributed by atoms with Crippen molar-refractivity contribution in [3.8, 4) is 11.5 Å². The molecule has 0 unspecified atom stereocenters. The van der Waals surface area contributed by atoms with Crippen molar-refractivity contribution in [1.82, 2.24) is 0 Å². The molecule has 120 valence electrons. The first-order valence-corrected chi connectivity index (χ1v) is 8.20. The Balaban J connectivity index is 2.07. The molecule has 0 heterocycles. The minimum absolute atomic E-state index is 0.413. The van der Waals surface area contributed by atoms with Gasteiger partial charge < -0.3 is 15.2 Å². The molecule has 0 bridgehead atoms. The van der Waals surface area contributed by atoms with Gasteiger partial charge in [-0.2, -0.15) is 5.10 Å². The van der Waals surface area contributed by atoms with Crippen LogP contribution in [0.2, 0.25) is 0 Å². The second kappa shape index (κ2) is 8.85. The maximum Gasteiger partial charge on any atom is 0.180 e. The quantitative estimate of drug-likeness (QED) is 0.501. The summed E-state index contributed by atoms with van der Waals surface area (Å²) in [6, 6.07) is 15.6. The Bertz CT molecular complexity index is 687. The molecule has 5 nitrogen and oxygen atoms in total. The van der Waals surface area contributed by atoms with Crippen LogP contribution in [-0.2, 0) is 6.61 Å². The topological polar surface area (TPSA) is 69.2 Å². The summed E-state index contributed by atoms with van der Waals surface area (Å²) in [7, 11) is 1.61. The lowest BCUT2D eigenvalue weighted by atomic mass is 10.2. The van der Waals surface area contributed by atoms with Crippen molar-refractivity contribution in [2.45, 2.75) is 6.61 Å². The van der Waals surface area contributed by atoms with E-state index in [-0.39, 0.29) is 0 Å². The third-order valence-electron chi connectivity index (χ3n) is 3.00. The van der Waals surface area contributed by atoms with Crippen LogP contribution in [0.5, 0.6) is 11.5 Å². The Morgan fingerprint density at radius 1 is 1.17 bits per heavy atom. The number of amidine groups is 1. The first-order valence-electron chi connectivity index (χ1n) is 6.98. The van der Waals surface area contributed by atoms with Gasteiger partial charge in [0.15, 0.2) is 16.7 Å². The Morgan fingerprint density at radius 3 is 2.65 bits per heavy atom. The molecular weight excluding hydrogens is 310 g/mol. The zero-order chi connectivity index (χ0) is 16.5. The molecule has 0 saturated heterocycles. The van der Waals surface area contributed by atoms with E-state index in [4.69, 9.17) is 15.2 Å². The Morgan fingerprint density at radius 2 is 1.96 bits per heavy atom. The standard InChI is InChI=1S/C17H19N3O2S/c1-21-16-10-14(11-19-20-17(18)23-2)8-9-15(16)22-12-13-6-4-3-5-7-13/h3-11H,12H2,1-2H3,(H2,18,20)/b19-11-. The maximum absolute atomic E-state index is 5.81. The number of nitrogens with two attached hydrogens (primary N) is 1. The van der Waals surface area contributed by atoms with Crippen LogP contribution in [0.3, 0.4) is 0 Å². The molecule has 0 aliphatic heterocycles. The van der Waals surface area contributed by atoms with Gasteiger partial charge in [-0.25, -0.2) is 0 Å². The van der Waals surface area contributed by atoms with E-state index in [1.54, 1.807) is 13.3 Å². The van der Waals surface area contributed by atoms with E-state index in [1.807, 2.05) is 54.8 Å². The van der Waals surface area contributed by atoms with Gasteiger partial charge in [0.05, 0.1) is 13.3 Å². The second-order valence-electron chi connectivity index (χ2n) is 4.57. The summed E-state index contributed by atoms with van der Waals surface area (Å²) in [6.45, 7) is 0.485. The van der Waals surface area contributed by atoms with Crippen LogP contribution < -0.4 is 15.2 Å². The van der Waals surface area contributed by atoms with Gasteiger partial charge >= 0.3 is 0 Å². The highest BCUT2D eigenvalue weighted by Gasteiger charge is 2.05. The second-order valence-corrected chi connectivity index (χ2v) is 5.40. The van der Waals surface area contributed by atoms with Gasteiger partial charge in [0.1, 0.15) is 6.61 Å². The smallest absolute Gasteiger partial charge is 0.180 e. The molecule has 0 spiro atoms. The van der Waals surface area contributed by atoms with Crippen molar-refractivity contribution < 1.29 is 9.47 Å². The Labute approximate surface area is 140 Å². The summed E-state index contributed by atoms with van der Waals surface area (Å²) >= 11 is 1.34. The van der Waals surface area contributed by atoms with Crippen molar-refractivity contribution in [1.29, 1.82) is 0 Å². The predicted molar refractivity (Wildman–Crippen MR) is 96.5 cm³/mol. The van der Waals surface area contributed by atoms with Crippen LogP contribution in [0, 0.1) is 0 Å². The number of methoxy groups -OCH3 is 1. The van der Waals surface area contributed by atoms with Gasteiger partial charge in [-0.15, -0.1) is 5.10 Å². The lowest BCUT2D eigenvalue weighted by Crippen LogP contribution is -2.04. The number of thioether (sulfide) groups is 1. The molecule has 2 rings (SSSR count). The van der Waals surface area contributed by atoms with E-state index in [0.717, 1.165) is 11.1 Å². The van der Waals surface area contributed by atoms with Crippen molar-refractivity contribution in [2.24, 2.45) is 15.9 Å². The molecular formula is C17H19N3O2S. The van der Waals surface area contributed by atoms with E-state index in [9.17, 15) is 0 Å². The average molecular weight is 329 g/mol. The average Bonchev–Trinajstić information content (AvgIpc) is 2.61. The van der Waals surface area contributed by atoms with E-state index in [2.05, 4.69) is 10.2 Å². The SMILES string of the molecule is COc1cc(/C=N\N=C(/N)SC)ccc1OCc1ccccc1. The first-order chi connectivity index (χ1) is 11.2. The van der Waals surface area contributed by atoms with Crippen LogP contribution >= 0.6 is 11.8 Å². The molecule has 0 amide bonds. The van der Waals surface area contributed by atoms with E-state index in [1.165, 1.54) is 11.8 Å². The zero-order valence-electron chi connectivity index (χ0n) is 13.1. The normalized spacial score (nSPS) is 11.7. The molecule has 2 N–H and O–H groups in total. The first kappa shape index (κ1) is 16.9. The summed E-state index contributed by atoms with van der Waals surface area (Å²) in [4.78, 5) is 0. The highest BCUT2D eigenvalue weighted by atomic mass is 32.2. The number of hydrogen-bond donors (Lipinski definition) is 1. The number of nitrogens with zero attached hydrogens (tertiary/aromatic N) is 2. The van der Waals surface area contributed by atoms with Gasteiger partial charge in [0.25, 0.3) is 0 Å². The molecule has 0 aliphatic carbocycles. The third-order valence-corrected chi connectivity index (χ3v) is 3.50. The van der Waals surface area contributed by atoms with Gasteiger partial charge in [0, 0.05) is 0 Å². The molecule has 0 fully saturated rings. The molecule has 0 aliphatic rings. The summed E-state index contributed by atoms with van der Waals surface area (Å²) < 4.78 is 11.2. The number of benzene rings is 2. The fourth-order valence-electron chi connectivity index (χ4n) is 1.81. The summed E-state index contributed by atoms with van der Waals surface area (Å²) in [5, 5.41) is 8.19. The fraction of sp³-hybridized carbons (Fsp3) is 0.176. The minimum Gasteiger partial charge on any atom is -0.493 e. The lowest BCUT2D eigenvalue weighted by molar-refractivity contribution is 0.284. The van der Waals surface area contributed by atoms with Gasteiger partial charge in [-0.05, 0) is 35.6 Å². The van der Waals surface area contributed by atoms with Crippen molar-refractivity contribution in [2.75, 3.05) is 13.4 Å².